The summed E-state index contributed by atoms with van der Waals surface area (Å²) in [6.45, 7) is 2.58. The first-order valence-corrected chi connectivity index (χ1v) is 6.36. The summed E-state index contributed by atoms with van der Waals surface area (Å²) in [6, 6.07) is 9.56. The number of hydrogen-bond donors (Lipinski definition) is 2. The van der Waals surface area contributed by atoms with Crippen LogP contribution in [-0.2, 0) is 9.59 Å². The van der Waals surface area contributed by atoms with Crippen LogP contribution in [0.3, 0.4) is 0 Å². The molecule has 0 saturated carbocycles. The third-order valence-electron chi connectivity index (χ3n) is 3.33. The van der Waals surface area contributed by atoms with Crippen LogP contribution in [0.5, 0.6) is 0 Å². The van der Waals surface area contributed by atoms with E-state index < -0.39 is 11.9 Å². The third kappa shape index (κ3) is 3.47. The zero-order chi connectivity index (χ0) is 13.8. The summed E-state index contributed by atoms with van der Waals surface area (Å²) in [5.74, 6) is -1.38. The zero-order valence-corrected chi connectivity index (χ0v) is 10.9. The van der Waals surface area contributed by atoms with Crippen LogP contribution in [0.2, 0.25) is 0 Å². The number of carbonyl (C=O) groups excluding carboxylic acids is 1. The number of aliphatic carboxylic acids is 1. The van der Waals surface area contributed by atoms with Crippen molar-refractivity contribution in [2.24, 2.45) is 5.92 Å². The smallest absolute Gasteiger partial charge is 0.308 e. The molecule has 0 bridgehead atoms. The van der Waals surface area contributed by atoms with E-state index in [2.05, 4.69) is 5.32 Å². The second-order valence-corrected chi connectivity index (χ2v) is 4.91. The van der Waals surface area contributed by atoms with Crippen LogP contribution in [-0.4, -0.2) is 36.1 Å². The molecule has 2 rings (SSSR count). The molecule has 102 valence electrons. The molecule has 2 atom stereocenters. The van der Waals surface area contributed by atoms with Gasteiger partial charge in [-0.15, -0.1) is 0 Å². The molecule has 1 aliphatic rings. The SMILES string of the molecule is CC(=O)NC1CC(C(=O)O)CN(c2ccccc2)C1. The van der Waals surface area contributed by atoms with Gasteiger partial charge in [-0.05, 0) is 18.6 Å². The molecule has 19 heavy (non-hydrogen) atoms. The topological polar surface area (TPSA) is 69.6 Å². The molecule has 1 saturated heterocycles. The van der Waals surface area contributed by atoms with Crippen molar-refractivity contribution in [2.45, 2.75) is 19.4 Å². The Morgan fingerprint density at radius 2 is 1.95 bits per heavy atom. The molecule has 1 amide bonds. The Kier molecular flexibility index (Phi) is 4.04. The van der Waals surface area contributed by atoms with Crippen molar-refractivity contribution < 1.29 is 14.7 Å². The minimum absolute atomic E-state index is 0.118. The molecule has 1 aromatic rings. The lowest BCUT2D eigenvalue weighted by molar-refractivity contribution is -0.142. The fourth-order valence-electron chi connectivity index (χ4n) is 2.52. The molecule has 5 nitrogen and oxygen atoms in total. The Bertz CT molecular complexity index is 461. The van der Waals surface area contributed by atoms with Gasteiger partial charge in [-0.1, -0.05) is 18.2 Å². The van der Waals surface area contributed by atoms with Crippen LogP contribution in [0.4, 0.5) is 5.69 Å². The highest BCUT2D eigenvalue weighted by atomic mass is 16.4. The van der Waals surface area contributed by atoms with Crippen molar-refractivity contribution >= 4 is 17.6 Å². The van der Waals surface area contributed by atoms with Gasteiger partial charge in [-0.3, -0.25) is 9.59 Å². The van der Waals surface area contributed by atoms with Crippen LogP contribution < -0.4 is 10.2 Å². The number of rotatable bonds is 3. The number of amides is 1. The summed E-state index contributed by atoms with van der Waals surface area (Å²) in [7, 11) is 0. The van der Waals surface area contributed by atoms with E-state index in [9.17, 15) is 14.7 Å². The maximum atomic E-state index is 11.2. The maximum Gasteiger partial charge on any atom is 0.308 e. The average Bonchev–Trinajstić information content (AvgIpc) is 2.38. The monoisotopic (exact) mass is 262 g/mol. The molecule has 5 heteroatoms. The number of piperidine rings is 1. The van der Waals surface area contributed by atoms with Gasteiger partial charge in [0.1, 0.15) is 0 Å². The molecule has 1 aliphatic heterocycles. The number of anilines is 1. The standard InChI is InChI=1S/C14H18N2O3/c1-10(17)15-12-7-11(14(18)19)8-16(9-12)13-5-3-2-4-6-13/h2-6,11-12H,7-9H2,1H3,(H,15,17)(H,18,19). The lowest BCUT2D eigenvalue weighted by Gasteiger charge is -2.37. The predicted octanol–water partition coefficient (Wildman–Crippen LogP) is 1.10. The lowest BCUT2D eigenvalue weighted by Crippen LogP contribution is -2.52. The number of hydrogen-bond acceptors (Lipinski definition) is 3. The molecule has 2 N–H and O–H groups in total. The molecular weight excluding hydrogens is 244 g/mol. The summed E-state index contributed by atoms with van der Waals surface area (Å²) in [4.78, 5) is 24.4. The van der Waals surface area contributed by atoms with E-state index in [0.717, 1.165) is 5.69 Å². The minimum Gasteiger partial charge on any atom is -0.481 e. The first-order valence-electron chi connectivity index (χ1n) is 6.36. The zero-order valence-electron chi connectivity index (χ0n) is 10.9. The van der Waals surface area contributed by atoms with Crippen LogP contribution >= 0.6 is 0 Å². The molecule has 0 aromatic heterocycles. The van der Waals surface area contributed by atoms with Crippen molar-refractivity contribution in [1.82, 2.24) is 5.32 Å². The molecule has 0 radical (unpaired) electrons. The van der Waals surface area contributed by atoms with Gasteiger partial charge in [0.25, 0.3) is 0 Å². The van der Waals surface area contributed by atoms with E-state index in [1.165, 1.54) is 6.92 Å². The normalized spacial score (nSPS) is 22.9. The van der Waals surface area contributed by atoms with Crippen molar-refractivity contribution in [3.63, 3.8) is 0 Å². The fourth-order valence-corrected chi connectivity index (χ4v) is 2.52. The predicted molar refractivity (Wildman–Crippen MR) is 72.0 cm³/mol. The number of carboxylic acids is 1. The summed E-state index contributed by atoms with van der Waals surface area (Å²) < 4.78 is 0. The van der Waals surface area contributed by atoms with Gasteiger partial charge in [-0.2, -0.15) is 0 Å². The molecule has 0 aliphatic carbocycles. The summed E-state index contributed by atoms with van der Waals surface area (Å²) >= 11 is 0. The summed E-state index contributed by atoms with van der Waals surface area (Å²) in [6.07, 6.45) is 0.484. The summed E-state index contributed by atoms with van der Waals surface area (Å²) in [5, 5.41) is 12.0. The Morgan fingerprint density at radius 1 is 1.26 bits per heavy atom. The average molecular weight is 262 g/mol. The van der Waals surface area contributed by atoms with Crippen molar-refractivity contribution in [1.29, 1.82) is 0 Å². The Hall–Kier alpha value is -2.04. The molecule has 1 fully saturated rings. The van der Waals surface area contributed by atoms with Gasteiger partial charge in [0.15, 0.2) is 0 Å². The number of nitrogens with one attached hydrogen (secondary N) is 1. The van der Waals surface area contributed by atoms with Gasteiger partial charge in [0.2, 0.25) is 5.91 Å². The highest BCUT2D eigenvalue weighted by Crippen LogP contribution is 2.23. The molecule has 1 aromatic carbocycles. The number of carboxylic acid groups (broad SMARTS) is 1. The highest BCUT2D eigenvalue weighted by molar-refractivity contribution is 5.74. The van der Waals surface area contributed by atoms with Crippen molar-refractivity contribution in [3.05, 3.63) is 30.3 Å². The molecule has 1 heterocycles. The highest BCUT2D eigenvalue weighted by Gasteiger charge is 2.31. The van der Waals surface area contributed by atoms with Crippen LogP contribution in [0.25, 0.3) is 0 Å². The van der Waals surface area contributed by atoms with Crippen molar-refractivity contribution in [2.75, 3.05) is 18.0 Å². The number of carbonyl (C=O) groups is 2. The largest absolute Gasteiger partial charge is 0.481 e. The Morgan fingerprint density at radius 3 is 2.53 bits per heavy atom. The number of benzene rings is 1. The lowest BCUT2D eigenvalue weighted by atomic mass is 9.93. The van der Waals surface area contributed by atoms with E-state index >= 15 is 0 Å². The van der Waals surface area contributed by atoms with Crippen molar-refractivity contribution in [3.8, 4) is 0 Å². The van der Waals surface area contributed by atoms with E-state index in [0.29, 0.717) is 19.5 Å². The van der Waals surface area contributed by atoms with E-state index in [1.807, 2.05) is 35.2 Å². The van der Waals surface area contributed by atoms with Crippen LogP contribution in [0, 0.1) is 5.92 Å². The minimum atomic E-state index is -0.809. The van der Waals surface area contributed by atoms with Gasteiger partial charge in [-0.25, -0.2) is 0 Å². The van der Waals surface area contributed by atoms with Gasteiger partial charge < -0.3 is 15.3 Å². The van der Waals surface area contributed by atoms with E-state index in [1.54, 1.807) is 0 Å². The first-order chi connectivity index (χ1) is 9.06. The van der Waals surface area contributed by atoms with Gasteiger partial charge in [0.05, 0.1) is 5.92 Å². The Balaban J connectivity index is 2.14. The second kappa shape index (κ2) is 5.73. The van der Waals surface area contributed by atoms with Crippen LogP contribution in [0.15, 0.2) is 30.3 Å². The fraction of sp³-hybridized carbons (Fsp3) is 0.429. The third-order valence-corrected chi connectivity index (χ3v) is 3.33. The Labute approximate surface area is 112 Å². The second-order valence-electron chi connectivity index (χ2n) is 4.91. The molecule has 0 spiro atoms. The first kappa shape index (κ1) is 13.4. The van der Waals surface area contributed by atoms with E-state index in [-0.39, 0.29) is 11.9 Å². The number of nitrogens with zero attached hydrogens (tertiary/aromatic N) is 1. The quantitative estimate of drug-likeness (QED) is 0.856. The molecule has 2 unspecified atom stereocenters. The summed E-state index contributed by atoms with van der Waals surface area (Å²) in [5.41, 5.74) is 0.990. The van der Waals surface area contributed by atoms with E-state index in [4.69, 9.17) is 0 Å². The van der Waals surface area contributed by atoms with Gasteiger partial charge in [0, 0.05) is 31.7 Å². The maximum absolute atomic E-state index is 11.2. The number of para-hydroxylation sites is 1. The van der Waals surface area contributed by atoms with Gasteiger partial charge >= 0.3 is 5.97 Å². The molecular formula is C14H18N2O3. The van der Waals surface area contributed by atoms with Crippen LogP contribution in [0.1, 0.15) is 13.3 Å².